The van der Waals surface area contributed by atoms with Gasteiger partial charge in [-0.25, -0.2) is 0 Å². The van der Waals surface area contributed by atoms with E-state index < -0.39 is 10.8 Å². The third-order valence-electron chi connectivity index (χ3n) is 4.32. The molecule has 0 saturated heterocycles. The second kappa shape index (κ2) is 10.8. The number of nitrogens with one attached hydrogen (secondary N) is 1. The molecule has 9 nitrogen and oxygen atoms in total. The summed E-state index contributed by atoms with van der Waals surface area (Å²) in [6, 6.07) is 9.91. The molecule has 3 aromatic rings. The molecule has 1 N–H and O–H groups in total. The summed E-state index contributed by atoms with van der Waals surface area (Å²) in [6.45, 7) is 3.37. The van der Waals surface area contributed by atoms with Crippen LogP contribution in [-0.2, 0) is 4.79 Å². The van der Waals surface area contributed by atoms with Gasteiger partial charge in [-0.15, -0.1) is 0 Å². The number of aromatic nitrogens is 1. The van der Waals surface area contributed by atoms with Crippen LogP contribution in [0.1, 0.15) is 23.9 Å². The highest BCUT2D eigenvalue weighted by Crippen LogP contribution is 2.31. The summed E-state index contributed by atoms with van der Waals surface area (Å²) in [5, 5.41) is 18.0. The molecule has 11 heteroatoms. The standard InChI is InChI=1S/C22H19Cl2N3O6/c1-3-31-19-11-14(8-10-18-22(27(29)30)13(2)26-33-18)7-9-17(19)32-12-20(28)25-16-6-4-5-15(23)21(16)24/h4-11H,3,12H2,1-2H3,(H,25,28)/b10-8+. The highest BCUT2D eigenvalue weighted by molar-refractivity contribution is 6.44. The zero-order chi connectivity index (χ0) is 24.0. The van der Waals surface area contributed by atoms with Crippen LogP contribution in [0.15, 0.2) is 40.9 Å². The molecule has 0 aliphatic carbocycles. The maximum absolute atomic E-state index is 12.3. The Morgan fingerprint density at radius 1 is 1.21 bits per heavy atom. The third kappa shape index (κ3) is 6.03. The van der Waals surface area contributed by atoms with Crippen LogP contribution in [0.4, 0.5) is 11.4 Å². The number of amides is 1. The summed E-state index contributed by atoms with van der Waals surface area (Å²) in [6.07, 6.45) is 3.07. The van der Waals surface area contributed by atoms with Crippen LogP contribution in [0, 0.1) is 17.0 Å². The van der Waals surface area contributed by atoms with Crippen LogP contribution in [0.5, 0.6) is 11.5 Å². The maximum Gasteiger partial charge on any atom is 0.338 e. The van der Waals surface area contributed by atoms with Crippen molar-refractivity contribution in [2.24, 2.45) is 0 Å². The second-order valence-electron chi connectivity index (χ2n) is 6.65. The number of rotatable bonds is 9. The number of hydrogen-bond donors (Lipinski definition) is 1. The molecule has 172 valence electrons. The largest absolute Gasteiger partial charge is 0.490 e. The summed E-state index contributed by atoms with van der Waals surface area (Å²) in [5.74, 6) is 0.352. The lowest BCUT2D eigenvalue weighted by Crippen LogP contribution is -2.20. The first-order valence-electron chi connectivity index (χ1n) is 9.72. The Kier molecular flexibility index (Phi) is 7.92. The summed E-state index contributed by atoms with van der Waals surface area (Å²) < 4.78 is 16.2. The van der Waals surface area contributed by atoms with Crippen molar-refractivity contribution in [3.8, 4) is 11.5 Å². The number of carbonyl (C=O) groups is 1. The highest BCUT2D eigenvalue weighted by atomic mass is 35.5. The quantitative estimate of drug-likeness (QED) is 0.297. The highest BCUT2D eigenvalue weighted by Gasteiger charge is 2.22. The van der Waals surface area contributed by atoms with Crippen molar-refractivity contribution in [2.45, 2.75) is 13.8 Å². The van der Waals surface area contributed by atoms with Gasteiger partial charge in [-0.3, -0.25) is 14.9 Å². The molecular weight excluding hydrogens is 473 g/mol. The zero-order valence-corrected chi connectivity index (χ0v) is 19.1. The molecule has 0 saturated carbocycles. The van der Waals surface area contributed by atoms with Gasteiger partial charge in [0.1, 0.15) is 0 Å². The monoisotopic (exact) mass is 491 g/mol. The molecule has 0 bridgehead atoms. The van der Waals surface area contributed by atoms with Crippen molar-refractivity contribution < 1.29 is 23.7 Å². The van der Waals surface area contributed by atoms with E-state index in [1.165, 1.54) is 13.0 Å². The Hall–Kier alpha value is -3.56. The molecule has 0 unspecified atom stereocenters. The van der Waals surface area contributed by atoms with Crippen LogP contribution in [0.3, 0.4) is 0 Å². The van der Waals surface area contributed by atoms with Crippen molar-refractivity contribution in [3.63, 3.8) is 0 Å². The van der Waals surface area contributed by atoms with Crippen LogP contribution in [0.2, 0.25) is 10.0 Å². The first-order valence-corrected chi connectivity index (χ1v) is 10.5. The van der Waals surface area contributed by atoms with E-state index in [0.29, 0.717) is 34.4 Å². The van der Waals surface area contributed by atoms with Crippen molar-refractivity contribution in [3.05, 3.63) is 73.6 Å². The van der Waals surface area contributed by atoms with Crippen LogP contribution < -0.4 is 14.8 Å². The number of carbonyl (C=O) groups excluding carboxylic acids is 1. The molecule has 2 aromatic carbocycles. The minimum absolute atomic E-state index is 0.0344. The number of hydrogen-bond acceptors (Lipinski definition) is 7. The van der Waals surface area contributed by atoms with E-state index in [0.717, 1.165) is 0 Å². The molecule has 0 aliphatic rings. The van der Waals surface area contributed by atoms with Gasteiger partial charge >= 0.3 is 5.69 Å². The number of ether oxygens (including phenoxy) is 2. The van der Waals surface area contributed by atoms with Crippen LogP contribution in [-0.4, -0.2) is 29.2 Å². The van der Waals surface area contributed by atoms with Gasteiger partial charge in [0.25, 0.3) is 5.91 Å². The van der Waals surface area contributed by atoms with Gasteiger partial charge in [0, 0.05) is 0 Å². The third-order valence-corrected chi connectivity index (χ3v) is 5.14. The lowest BCUT2D eigenvalue weighted by Gasteiger charge is -2.13. The van der Waals surface area contributed by atoms with E-state index >= 15 is 0 Å². The number of halogens is 2. The molecule has 0 radical (unpaired) electrons. The predicted molar refractivity (Wildman–Crippen MR) is 125 cm³/mol. The summed E-state index contributed by atoms with van der Waals surface area (Å²) >= 11 is 12.0. The molecule has 1 aromatic heterocycles. The van der Waals surface area contributed by atoms with Gasteiger partial charge in [-0.1, -0.05) is 46.6 Å². The van der Waals surface area contributed by atoms with E-state index in [1.807, 2.05) is 0 Å². The van der Waals surface area contributed by atoms with Gasteiger partial charge in [0.05, 0.1) is 27.3 Å². The smallest absolute Gasteiger partial charge is 0.338 e. The van der Waals surface area contributed by atoms with E-state index in [-0.39, 0.29) is 28.8 Å². The topological polar surface area (TPSA) is 117 Å². The van der Waals surface area contributed by atoms with Gasteiger partial charge in [-0.2, -0.15) is 0 Å². The van der Waals surface area contributed by atoms with E-state index in [1.54, 1.807) is 49.4 Å². The zero-order valence-electron chi connectivity index (χ0n) is 17.6. The molecular formula is C22H19Cl2N3O6. The van der Waals surface area contributed by atoms with E-state index in [2.05, 4.69) is 10.5 Å². The normalized spacial score (nSPS) is 10.9. The number of aryl methyl sites for hydroxylation is 1. The van der Waals surface area contributed by atoms with Gasteiger partial charge in [-0.05, 0) is 49.8 Å². The first kappa shape index (κ1) is 24.1. The number of nitro groups is 1. The van der Waals surface area contributed by atoms with Crippen molar-refractivity contribution in [2.75, 3.05) is 18.5 Å². The van der Waals surface area contributed by atoms with Crippen LogP contribution in [0.25, 0.3) is 12.2 Å². The van der Waals surface area contributed by atoms with Crippen LogP contribution >= 0.6 is 23.2 Å². The van der Waals surface area contributed by atoms with Gasteiger partial charge < -0.3 is 19.3 Å². The van der Waals surface area contributed by atoms with Crippen molar-refractivity contribution in [1.29, 1.82) is 0 Å². The number of benzene rings is 2. The average molecular weight is 492 g/mol. The number of nitrogens with zero attached hydrogens (tertiary/aromatic N) is 2. The molecule has 0 atom stereocenters. The van der Waals surface area contributed by atoms with Gasteiger partial charge in [0.2, 0.25) is 5.76 Å². The summed E-state index contributed by atoms with van der Waals surface area (Å²) in [7, 11) is 0. The summed E-state index contributed by atoms with van der Waals surface area (Å²) in [4.78, 5) is 22.9. The maximum atomic E-state index is 12.3. The van der Waals surface area contributed by atoms with E-state index in [4.69, 9.17) is 37.2 Å². The van der Waals surface area contributed by atoms with Crippen molar-refractivity contribution >= 4 is 52.6 Å². The fourth-order valence-electron chi connectivity index (χ4n) is 2.83. The Labute approximate surface area is 199 Å². The Bertz CT molecular complexity index is 1210. The summed E-state index contributed by atoms with van der Waals surface area (Å²) in [5.41, 5.74) is 1.04. The molecule has 0 fully saturated rings. The number of anilines is 1. The van der Waals surface area contributed by atoms with E-state index in [9.17, 15) is 14.9 Å². The lowest BCUT2D eigenvalue weighted by molar-refractivity contribution is -0.386. The fraction of sp³-hybridized carbons (Fsp3) is 0.182. The lowest BCUT2D eigenvalue weighted by atomic mass is 10.1. The molecule has 0 aliphatic heterocycles. The Balaban J connectivity index is 1.71. The fourth-order valence-corrected chi connectivity index (χ4v) is 3.18. The molecule has 1 heterocycles. The second-order valence-corrected chi connectivity index (χ2v) is 7.43. The average Bonchev–Trinajstić information content (AvgIpc) is 3.15. The minimum Gasteiger partial charge on any atom is -0.490 e. The predicted octanol–water partition coefficient (Wildman–Crippen LogP) is 5.78. The molecule has 0 spiro atoms. The first-order chi connectivity index (χ1) is 15.8. The SMILES string of the molecule is CCOc1cc(/C=C/c2onc(C)c2[N+](=O)[O-])ccc1OCC(=O)Nc1cccc(Cl)c1Cl. The molecule has 3 rings (SSSR count). The molecule has 1 amide bonds. The molecule has 33 heavy (non-hydrogen) atoms. The Morgan fingerprint density at radius 3 is 2.73 bits per heavy atom. The van der Waals surface area contributed by atoms with Crippen molar-refractivity contribution in [1.82, 2.24) is 5.16 Å². The van der Waals surface area contributed by atoms with Gasteiger partial charge in [0.15, 0.2) is 23.8 Å². The minimum atomic E-state index is -0.546. The Morgan fingerprint density at radius 2 is 2.00 bits per heavy atom.